The summed E-state index contributed by atoms with van der Waals surface area (Å²) in [4.78, 5) is 22.8. The maximum atomic E-state index is 13.9. The van der Waals surface area contributed by atoms with Gasteiger partial charge in [-0.1, -0.05) is 17.7 Å². The van der Waals surface area contributed by atoms with Crippen molar-refractivity contribution in [1.29, 1.82) is 0 Å². The number of piperazine rings is 1. The van der Waals surface area contributed by atoms with Gasteiger partial charge in [-0.25, -0.2) is 25.9 Å². The highest BCUT2D eigenvalue weighted by Gasteiger charge is 2.30. The lowest BCUT2D eigenvalue weighted by Crippen LogP contribution is -2.49. The van der Waals surface area contributed by atoms with Gasteiger partial charge in [0.15, 0.2) is 0 Å². The van der Waals surface area contributed by atoms with Gasteiger partial charge in [0.2, 0.25) is 15.9 Å². The largest absolute Gasteiger partial charge is 0.354 e. The summed E-state index contributed by atoms with van der Waals surface area (Å²) in [5.74, 6) is -2.77. The Labute approximate surface area is 176 Å². The molecule has 1 aliphatic heterocycles. The molecule has 1 aliphatic rings. The number of carbonyl (C=O) groups excluding carboxylic acids is 2. The molecule has 2 aromatic carbocycles. The predicted octanol–water partition coefficient (Wildman–Crippen LogP) is 0.718. The van der Waals surface area contributed by atoms with Gasteiger partial charge >= 0.3 is 0 Å². The molecule has 160 valence electrons. The molecule has 0 radical (unpaired) electrons. The van der Waals surface area contributed by atoms with Crippen LogP contribution in [0.15, 0.2) is 52.3 Å². The molecule has 0 aliphatic carbocycles. The van der Waals surface area contributed by atoms with E-state index in [0.29, 0.717) is 0 Å². The van der Waals surface area contributed by atoms with Crippen molar-refractivity contribution in [3.63, 3.8) is 0 Å². The van der Waals surface area contributed by atoms with Gasteiger partial charge in [0.05, 0.1) is 11.4 Å². The Kier molecular flexibility index (Phi) is 6.13. The molecular formula is C17H15ClFN3O6S2. The van der Waals surface area contributed by atoms with Gasteiger partial charge in [-0.05, 0) is 36.4 Å². The number of amides is 2. The summed E-state index contributed by atoms with van der Waals surface area (Å²) in [5, 5.41) is 2.47. The SMILES string of the molecule is O=C1CN(S(=O)(=O)c2cccc(C(=O)NS(=O)(=O)c3ccc(Cl)cc3F)c2)CCN1. The van der Waals surface area contributed by atoms with E-state index in [0.717, 1.165) is 28.6 Å². The molecule has 1 fully saturated rings. The number of rotatable bonds is 5. The van der Waals surface area contributed by atoms with Crippen LogP contribution in [0.4, 0.5) is 4.39 Å². The number of sulfonamides is 2. The fourth-order valence-corrected chi connectivity index (χ4v) is 5.33. The second-order valence-corrected chi connectivity index (χ2v) is 10.3. The lowest BCUT2D eigenvalue weighted by atomic mass is 10.2. The molecule has 0 atom stereocenters. The first-order valence-electron chi connectivity index (χ1n) is 8.40. The predicted molar refractivity (Wildman–Crippen MR) is 104 cm³/mol. The third-order valence-corrected chi connectivity index (χ3v) is 7.59. The molecule has 2 aromatic rings. The number of halogens is 2. The maximum absolute atomic E-state index is 13.9. The Bertz CT molecular complexity index is 1230. The van der Waals surface area contributed by atoms with Crippen LogP contribution >= 0.6 is 11.6 Å². The standard InChI is InChI=1S/C17H15ClFN3O6S2/c18-12-4-5-15(14(19)9-12)29(25,26)21-17(24)11-2-1-3-13(8-11)30(27,28)22-7-6-20-16(23)10-22/h1-5,8-9H,6-7,10H2,(H,20,23)(H,21,24). The minimum atomic E-state index is -4.58. The molecule has 0 spiro atoms. The van der Waals surface area contributed by atoms with Gasteiger partial charge in [0, 0.05) is 23.7 Å². The molecule has 30 heavy (non-hydrogen) atoms. The van der Waals surface area contributed by atoms with Crippen molar-refractivity contribution in [3.8, 4) is 0 Å². The highest BCUT2D eigenvalue weighted by Crippen LogP contribution is 2.21. The fraction of sp³-hybridized carbons (Fsp3) is 0.176. The van der Waals surface area contributed by atoms with Crippen molar-refractivity contribution < 1.29 is 30.8 Å². The number of hydrogen-bond donors (Lipinski definition) is 2. The quantitative estimate of drug-likeness (QED) is 0.655. The number of benzene rings is 2. The van der Waals surface area contributed by atoms with Gasteiger partial charge in [0.25, 0.3) is 15.9 Å². The van der Waals surface area contributed by atoms with E-state index in [1.807, 2.05) is 0 Å². The van der Waals surface area contributed by atoms with E-state index in [4.69, 9.17) is 11.6 Å². The minimum absolute atomic E-state index is 0.0259. The summed E-state index contributed by atoms with van der Waals surface area (Å²) >= 11 is 5.59. The third-order valence-electron chi connectivity index (χ3n) is 4.15. The van der Waals surface area contributed by atoms with Crippen LogP contribution in [-0.2, 0) is 24.8 Å². The average molecular weight is 476 g/mol. The Morgan fingerprint density at radius 2 is 1.87 bits per heavy atom. The molecule has 1 saturated heterocycles. The van der Waals surface area contributed by atoms with E-state index >= 15 is 0 Å². The number of nitrogens with one attached hydrogen (secondary N) is 2. The molecule has 9 nitrogen and oxygen atoms in total. The lowest BCUT2D eigenvalue weighted by Gasteiger charge is -2.26. The molecule has 0 aromatic heterocycles. The van der Waals surface area contributed by atoms with Crippen LogP contribution in [0, 0.1) is 5.82 Å². The van der Waals surface area contributed by atoms with Gasteiger partial charge in [-0.15, -0.1) is 0 Å². The summed E-state index contributed by atoms with van der Waals surface area (Å²) < 4.78 is 66.7. The van der Waals surface area contributed by atoms with Crippen LogP contribution in [0.1, 0.15) is 10.4 Å². The van der Waals surface area contributed by atoms with Crippen molar-refractivity contribution in [3.05, 3.63) is 58.9 Å². The normalized spacial score (nSPS) is 15.5. The van der Waals surface area contributed by atoms with Crippen molar-refractivity contribution >= 4 is 43.5 Å². The molecule has 1 heterocycles. The highest BCUT2D eigenvalue weighted by atomic mass is 35.5. The van der Waals surface area contributed by atoms with E-state index in [1.54, 1.807) is 4.72 Å². The summed E-state index contributed by atoms with van der Waals surface area (Å²) in [6.45, 7) is -0.180. The number of hydrogen-bond acceptors (Lipinski definition) is 6. The minimum Gasteiger partial charge on any atom is -0.354 e. The maximum Gasteiger partial charge on any atom is 0.267 e. The summed E-state index contributed by atoms with van der Waals surface area (Å²) in [7, 11) is -8.67. The molecular weight excluding hydrogens is 461 g/mol. The average Bonchev–Trinajstić information content (AvgIpc) is 2.67. The molecule has 0 bridgehead atoms. The van der Waals surface area contributed by atoms with E-state index in [1.165, 1.54) is 18.2 Å². The monoisotopic (exact) mass is 475 g/mol. The molecule has 2 N–H and O–H groups in total. The highest BCUT2D eigenvalue weighted by molar-refractivity contribution is 7.90. The van der Waals surface area contributed by atoms with Crippen molar-refractivity contribution in [2.75, 3.05) is 19.6 Å². The molecule has 13 heteroatoms. The Balaban J connectivity index is 1.86. The second kappa shape index (κ2) is 8.30. The topological polar surface area (TPSA) is 130 Å². The molecule has 0 unspecified atom stereocenters. The van der Waals surface area contributed by atoms with Crippen LogP contribution in [0.5, 0.6) is 0 Å². The van der Waals surface area contributed by atoms with Gasteiger partial charge in [0.1, 0.15) is 10.7 Å². The molecule has 0 saturated carbocycles. The first-order chi connectivity index (χ1) is 14.0. The summed E-state index contributed by atoms with van der Waals surface area (Å²) in [5.41, 5.74) is -0.282. The van der Waals surface area contributed by atoms with Crippen molar-refractivity contribution in [1.82, 2.24) is 14.3 Å². The number of carbonyl (C=O) groups is 2. The van der Waals surface area contributed by atoms with E-state index < -0.39 is 42.6 Å². The van der Waals surface area contributed by atoms with E-state index in [2.05, 4.69) is 5.32 Å². The second-order valence-electron chi connectivity index (χ2n) is 6.23. The zero-order chi connectivity index (χ0) is 22.1. The van der Waals surface area contributed by atoms with Crippen LogP contribution in [0.3, 0.4) is 0 Å². The third kappa shape index (κ3) is 4.61. The first-order valence-corrected chi connectivity index (χ1v) is 11.7. The van der Waals surface area contributed by atoms with Gasteiger partial charge in [-0.2, -0.15) is 4.31 Å². The van der Waals surface area contributed by atoms with Crippen molar-refractivity contribution in [2.45, 2.75) is 9.79 Å². The van der Waals surface area contributed by atoms with E-state index in [9.17, 15) is 30.8 Å². The smallest absolute Gasteiger partial charge is 0.267 e. The van der Waals surface area contributed by atoms with Gasteiger partial charge in [-0.3, -0.25) is 9.59 Å². The summed E-state index contributed by atoms with van der Waals surface area (Å²) in [6.07, 6.45) is 0. The Hall–Kier alpha value is -2.54. The van der Waals surface area contributed by atoms with E-state index in [-0.39, 0.29) is 35.1 Å². The zero-order valence-corrected chi connectivity index (χ0v) is 17.5. The van der Waals surface area contributed by atoms with Crippen molar-refractivity contribution in [2.24, 2.45) is 0 Å². The zero-order valence-electron chi connectivity index (χ0n) is 15.1. The van der Waals surface area contributed by atoms with Gasteiger partial charge < -0.3 is 5.32 Å². The summed E-state index contributed by atoms with van der Waals surface area (Å²) in [6, 6.07) is 7.47. The molecule has 2 amide bonds. The fourth-order valence-electron chi connectivity index (χ4n) is 2.70. The lowest BCUT2D eigenvalue weighted by molar-refractivity contribution is -0.122. The first kappa shape index (κ1) is 22.2. The number of nitrogens with zero attached hydrogens (tertiary/aromatic N) is 1. The Morgan fingerprint density at radius 1 is 1.13 bits per heavy atom. The van der Waals surface area contributed by atoms with Crippen LogP contribution in [0.2, 0.25) is 5.02 Å². The van der Waals surface area contributed by atoms with Crippen LogP contribution in [0.25, 0.3) is 0 Å². The molecule has 3 rings (SSSR count). The van der Waals surface area contributed by atoms with Crippen LogP contribution < -0.4 is 10.0 Å². The van der Waals surface area contributed by atoms with Crippen LogP contribution in [-0.4, -0.2) is 52.6 Å². The Morgan fingerprint density at radius 3 is 2.53 bits per heavy atom.